The molecule has 0 unspecified atom stereocenters. The molecule has 4 N–H and O–H groups in total. The fourth-order valence-electron chi connectivity index (χ4n) is 2.35. The Hall–Kier alpha value is -2.77. The van der Waals surface area contributed by atoms with Gasteiger partial charge in [-0.15, -0.1) is 12.4 Å². The second kappa shape index (κ2) is 11.1. The first kappa shape index (κ1) is 22.3. The zero-order valence-electron chi connectivity index (χ0n) is 15.3. The first-order valence-electron chi connectivity index (χ1n) is 8.21. The van der Waals surface area contributed by atoms with Crippen LogP contribution in [-0.4, -0.2) is 32.6 Å². The van der Waals surface area contributed by atoms with Crippen molar-refractivity contribution in [1.82, 2.24) is 0 Å². The van der Waals surface area contributed by atoms with Gasteiger partial charge in [0.2, 0.25) is 5.91 Å². The number of halogens is 1. The molecule has 0 bridgehead atoms. The smallest absolute Gasteiger partial charge is 0.255 e. The molecule has 0 atom stereocenters. The third kappa shape index (κ3) is 6.16. The number of amides is 2. The third-order valence-electron chi connectivity index (χ3n) is 3.69. The average molecular weight is 394 g/mol. The summed E-state index contributed by atoms with van der Waals surface area (Å²) in [7, 11) is 2.97. The summed E-state index contributed by atoms with van der Waals surface area (Å²) in [6.07, 6.45) is 0.908. The summed E-state index contributed by atoms with van der Waals surface area (Å²) in [4.78, 5) is 24.3. The van der Waals surface area contributed by atoms with Gasteiger partial charge in [0, 0.05) is 24.1 Å². The number of hydrogen-bond acceptors (Lipinski definition) is 5. The topological polar surface area (TPSA) is 103 Å². The summed E-state index contributed by atoms with van der Waals surface area (Å²) in [5.41, 5.74) is 6.85. The Kier molecular flexibility index (Phi) is 9.12. The quantitative estimate of drug-likeness (QED) is 0.639. The van der Waals surface area contributed by atoms with E-state index >= 15 is 0 Å². The lowest BCUT2D eigenvalue weighted by Gasteiger charge is -2.16. The van der Waals surface area contributed by atoms with Crippen molar-refractivity contribution < 1.29 is 19.1 Å². The lowest BCUT2D eigenvalue weighted by Crippen LogP contribution is -2.15. The van der Waals surface area contributed by atoms with E-state index in [1.807, 2.05) is 6.07 Å². The highest BCUT2D eigenvalue weighted by molar-refractivity contribution is 6.05. The van der Waals surface area contributed by atoms with Crippen molar-refractivity contribution in [3.05, 3.63) is 48.0 Å². The van der Waals surface area contributed by atoms with Crippen LogP contribution in [0.2, 0.25) is 0 Å². The van der Waals surface area contributed by atoms with Gasteiger partial charge < -0.3 is 25.8 Å². The van der Waals surface area contributed by atoms with Crippen LogP contribution in [0.3, 0.4) is 0 Å². The van der Waals surface area contributed by atoms with Gasteiger partial charge in [0.1, 0.15) is 11.5 Å². The van der Waals surface area contributed by atoms with Crippen molar-refractivity contribution in [2.24, 2.45) is 5.73 Å². The molecule has 2 amide bonds. The van der Waals surface area contributed by atoms with Crippen molar-refractivity contribution in [3.63, 3.8) is 0 Å². The number of benzene rings is 2. The maximum absolute atomic E-state index is 12.4. The van der Waals surface area contributed by atoms with E-state index in [-0.39, 0.29) is 24.2 Å². The summed E-state index contributed by atoms with van der Waals surface area (Å²) in [5.74, 6) is 0.377. The number of anilines is 2. The van der Waals surface area contributed by atoms with Gasteiger partial charge in [-0.05, 0) is 25.1 Å². The van der Waals surface area contributed by atoms with Crippen LogP contribution in [0, 0.1) is 0 Å². The zero-order chi connectivity index (χ0) is 18.9. The van der Waals surface area contributed by atoms with Crippen LogP contribution in [0.15, 0.2) is 42.5 Å². The SMILES string of the molecule is COc1cc(NC(=O)c2ccccc2)c(OC)cc1NC(=O)CCCN.Cl. The first-order valence-corrected chi connectivity index (χ1v) is 8.21. The standard InChI is InChI=1S/C19H23N3O4.ClH/c1-25-16-12-15(22-19(24)13-7-4-3-5-8-13)17(26-2)11-14(16)21-18(23)9-6-10-20;/h3-5,7-8,11-12H,6,9-10,20H2,1-2H3,(H,21,23)(H,22,24);1H. The monoisotopic (exact) mass is 393 g/mol. The molecule has 0 heterocycles. The Morgan fingerprint density at radius 3 is 2.04 bits per heavy atom. The highest BCUT2D eigenvalue weighted by Gasteiger charge is 2.16. The average Bonchev–Trinajstić information content (AvgIpc) is 2.67. The maximum Gasteiger partial charge on any atom is 0.255 e. The van der Waals surface area contributed by atoms with Crippen LogP contribution < -0.4 is 25.8 Å². The molecule has 0 saturated carbocycles. The lowest BCUT2D eigenvalue weighted by atomic mass is 10.2. The highest BCUT2D eigenvalue weighted by atomic mass is 35.5. The summed E-state index contributed by atoms with van der Waals surface area (Å²) in [5, 5.41) is 5.57. The number of hydrogen-bond donors (Lipinski definition) is 3. The van der Waals surface area contributed by atoms with Gasteiger partial charge in [-0.25, -0.2) is 0 Å². The normalized spacial score (nSPS) is 9.74. The second-order valence-corrected chi connectivity index (χ2v) is 5.51. The molecule has 7 nitrogen and oxygen atoms in total. The van der Waals surface area contributed by atoms with Crippen LogP contribution in [0.1, 0.15) is 23.2 Å². The molecule has 0 aliphatic carbocycles. The molecule has 0 fully saturated rings. The minimum atomic E-state index is -0.273. The predicted molar refractivity (Wildman–Crippen MR) is 108 cm³/mol. The summed E-state index contributed by atoms with van der Waals surface area (Å²) >= 11 is 0. The van der Waals surface area contributed by atoms with Crippen molar-refractivity contribution >= 4 is 35.6 Å². The molecule has 0 radical (unpaired) electrons. The molecule has 0 aliphatic heterocycles. The van der Waals surface area contributed by atoms with Crippen molar-refractivity contribution in [2.75, 3.05) is 31.4 Å². The number of nitrogens with one attached hydrogen (secondary N) is 2. The molecule has 2 aromatic rings. The van der Waals surface area contributed by atoms with Crippen LogP contribution in [0.5, 0.6) is 11.5 Å². The number of rotatable bonds is 8. The van der Waals surface area contributed by atoms with E-state index < -0.39 is 0 Å². The Labute approximate surface area is 164 Å². The third-order valence-corrected chi connectivity index (χ3v) is 3.69. The van der Waals surface area contributed by atoms with Gasteiger partial charge >= 0.3 is 0 Å². The van der Waals surface area contributed by atoms with Gasteiger partial charge in [0.15, 0.2) is 0 Å². The van der Waals surface area contributed by atoms with Gasteiger partial charge in [-0.2, -0.15) is 0 Å². The molecule has 2 rings (SSSR count). The summed E-state index contributed by atoms with van der Waals surface area (Å²) in [6, 6.07) is 12.1. The summed E-state index contributed by atoms with van der Waals surface area (Å²) < 4.78 is 10.7. The van der Waals surface area contributed by atoms with Gasteiger partial charge in [-0.1, -0.05) is 18.2 Å². The number of carbonyl (C=O) groups is 2. The van der Waals surface area contributed by atoms with E-state index in [0.29, 0.717) is 47.8 Å². The molecule has 0 aliphatic rings. The van der Waals surface area contributed by atoms with Crippen LogP contribution in [0.4, 0.5) is 11.4 Å². The van der Waals surface area contributed by atoms with E-state index in [2.05, 4.69) is 10.6 Å². The predicted octanol–water partition coefficient (Wildman–Crippen LogP) is 3.06. The molecule has 0 saturated heterocycles. The Bertz CT molecular complexity index is 769. The molecule has 146 valence electrons. The number of nitrogens with two attached hydrogens (primary N) is 1. The van der Waals surface area contributed by atoms with Gasteiger partial charge in [0.25, 0.3) is 5.91 Å². The molecule has 0 aromatic heterocycles. The molecule has 0 spiro atoms. The van der Waals surface area contributed by atoms with Gasteiger partial charge in [-0.3, -0.25) is 9.59 Å². The minimum Gasteiger partial charge on any atom is -0.494 e. The Morgan fingerprint density at radius 2 is 1.52 bits per heavy atom. The van der Waals surface area contributed by atoms with Crippen molar-refractivity contribution in [3.8, 4) is 11.5 Å². The summed E-state index contributed by atoms with van der Waals surface area (Å²) in [6.45, 7) is 0.443. The van der Waals surface area contributed by atoms with E-state index in [1.54, 1.807) is 36.4 Å². The fourth-order valence-corrected chi connectivity index (χ4v) is 2.35. The van der Waals surface area contributed by atoms with E-state index in [1.165, 1.54) is 14.2 Å². The highest BCUT2D eigenvalue weighted by Crippen LogP contribution is 2.36. The van der Waals surface area contributed by atoms with Crippen LogP contribution in [-0.2, 0) is 4.79 Å². The second-order valence-electron chi connectivity index (χ2n) is 5.51. The van der Waals surface area contributed by atoms with E-state index in [4.69, 9.17) is 15.2 Å². The fraction of sp³-hybridized carbons (Fsp3) is 0.263. The first-order chi connectivity index (χ1) is 12.6. The molecule has 8 heteroatoms. The van der Waals surface area contributed by atoms with Gasteiger partial charge in [0.05, 0.1) is 25.6 Å². The minimum absolute atomic E-state index is 0. The molecular formula is C19H24ClN3O4. The van der Waals surface area contributed by atoms with Crippen LogP contribution >= 0.6 is 12.4 Å². The molecule has 2 aromatic carbocycles. The molecular weight excluding hydrogens is 370 g/mol. The Morgan fingerprint density at radius 1 is 0.963 bits per heavy atom. The Balaban J connectivity index is 0.00000364. The van der Waals surface area contributed by atoms with Crippen LogP contribution in [0.25, 0.3) is 0 Å². The van der Waals surface area contributed by atoms with E-state index in [0.717, 1.165) is 0 Å². The number of methoxy groups -OCH3 is 2. The lowest BCUT2D eigenvalue weighted by molar-refractivity contribution is -0.116. The van der Waals surface area contributed by atoms with Crippen molar-refractivity contribution in [2.45, 2.75) is 12.8 Å². The zero-order valence-corrected chi connectivity index (χ0v) is 16.1. The molecule has 27 heavy (non-hydrogen) atoms. The number of carbonyl (C=O) groups excluding carboxylic acids is 2. The van der Waals surface area contributed by atoms with E-state index in [9.17, 15) is 9.59 Å². The largest absolute Gasteiger partial charge is 0.494 e. The van der Waals surface area contributed by atoms with Crippen molar-refractivity contribution in [1.29, 1.82) is 0 Å². The maximum atomic E-state index is 12.4. The number of ether oxygens (including phenoxy) is 2.